The molecule has 5 nitrogen and oxygen atoms in total. The summed E-state index contributed by atoms with van der Waals surface area (Å²) in [6, 6.07) is 0. The van der Waals surface area contributed by atoms with Gasteiger partial charge in [-0.15, -0.1) is 0 Å². The molecule has 120 valence electrons. The van der Waals surface area contributed by atoms with Gasteiger partial charge in [-0.05, 0) is 6.42 Å². The lowest BCUT2D eigenvalue weighted by Crippen LogP contribution is -2.35. The molecule has 1 aliphatic heterocycles. The summed E-state index contributed by atoms with van der Waals surface area (Å²) < 4.78 is 71.3. The number of nitrogens with zero attached hydrogens (tertiary/aromatic N) is 2. The van der Waals surface area contributed by atoms with Crippen LogP contribution >= 0.6 is 0 Å². The Balaban J connectivity index is 0.000000361. The molecule has 0 amide bonds. The zero-order valence-corrected chi connectivity index (χ0v) is 12.0. The van der Waals surface area contributed by atoms with Gasteiger partial charge in [0.25, 0.3) is 0 Å². The Bertz CT molecular complexity index is 415. The molecular formula is C10H18F4N2O3S. The molecule has 10 heteroatoms. The minimum Gasteiger partial charge on any atom is -0.362 e. The van der Waals surface area contributed by atoms with E-state index in [2.05, 4.69) is 36.2 Å². The number of hydrogen-bond acceptors (Lipinski definition) is 4. The summed E-state index contributed by atoms with van der Waals surface area (Å²) in [4.78, 5) is 4.53. The molecule has 0 aromatic rings. The zero-order valence-electron chi connectivity index (χ0n) is 11.1. The molecule has 1 heterocycles. The van der Waals surface area contributed by atoms with Crippen molar-refractivity contribution < 1.29 is 30.5 Å². The fourth-order valence-corrected chi connectivity index (χ4v) is 1.43. The molecule has 0 atom stereocenters. The van der Waals surface area contributed by atoms with Crippen molar-refractivity contribution in [3.8, 4) is 0 Å². The molecule has 0 saturated carbocycles. The van der Waals surface area contributed by atoms with E-state index in [0.717, 1.165) is 6.67 Å². The van der Waals surface area contributed by atoms with Crippen LogP contribution in [0.25, 0.3) is 0 Å². The normalized spacial score (nSPS) is 15.6. The van der Waals surface area contributed by atoms with Crippen LogP contribution in [0.1, 0.15) is 19.8 Å². The van der Waals surface area contributed by atoms with Crippen molar-refractivity contribution in [2.75, 3.05) is 20.3 Å². The highest BCUT2D eigenvalue weighted by Crippen LogP contribution is 2.27. The van der Waals surface area contributed by atoms with Crippen LogP contribution in [0.4, 0.5) is 17.6 Å². The van der Waals surface area contributed by atoms with Crippen LogP contribution in [0.3, 0.4) is 0 Å². The maximum absolute atomic E-state index is 11.5. The zero-order chi connectivity index (χ0) is 16.0. The highest BCUT2D eigenvalue weighted by atomic mass is 32.2. The average molecular weight is 322 g/mol. The lowest BCUT2D eigenvalue weighted by atomic mass is 10.3. The standard InChI is InChI=1S/C8H16N2.C2H2F4O3S/c1-3-4-5-10-7-6-9(2)8-10;3-1(4)2(5,6)10(7,8)9/h6-7H,3-5,8H2,1-2H3;1H,(H,7,8,9). The molecule has 1 rings (SSSR count). The van der Waals surface area contributed by atoms with Gasteiger partial charge in [0, 0.05) is 26.0 Å². The van der Waals surface area contributed by atoms with E-state index >= 15 is 0 Å². The van der Waals surface area contributed by atoms with Crippen LogP contribution < -0.4 is 0 Å². The van der Waals surface area contributed by atoms with Gasteiger partial charge in [0.1, 0.15) is 0 Å². The average Bonchev–Trinajstić information content (AvgIpc) is 2.71. The SMILES string of the molecule is CCCCN1C=CN(C)C1.O=S(=O)(O)C(F)(F)C(F)F. The summed E-state index contributed by atoms with van der Waals surface area (Å²) in [5.74, 6) is 0. The van der Waals surface area contributed by atoms with E-state index in [0.29, 0.717) is 0 Å². The Labute approximate surface area is 115 Å². The van der Waals surface area contributed by atoms with Crippen molar-refractivity contribution in [3.05, 3.63) is 12.4 Å². The van der Waals surface area contributed by atoms with Gasteiger partial charge in [-0.2, -0.15) is 17.2 Å². The van der Waals surface area contributed by atoms with Crippen LogP contribution in [-0.4, -0.2) is 54.7 Å². The van der Waals surface area contributed by atoms with E-state index in [9.17, 15) is 26.0 Å². The first-order valence-electron chi connectivity index (χ1n) is 5.78. The monoisotopic (exact) mass is 322 g/mol. The quantitative estimate of drug-likeness (QED) is 0.621. The Morgan fingerprint density at radius 2 is 1.90 bits per heavy atom. The van der Waals surface area contributed by atoms with Gasteiger partial charge in [0.2, 0.25) is 0 Å². The van der Waals surface area contributed by atoms with E-state index in [1.165, 1.54) is 19.4 Å². The van der Waals surface area contributed by atoms with E-state index in [-0.39, 0.29) is 0 Å². The highest BCUT2D eigenvalue weighted by Gasteiger charge is 2.53. The van der Waals surface area contributed by atoms with Gasteiger partial charge < -0.3 is 9.80 Å². The fourth-order valence-electron chi connectivity index (χ4n) is 1.21. The van der Waals surface area contributed by atoms with Gasteiger partial charge in [0.05, 0.1) is 6.67 Å². The number of alkyl halides is 4. The third-order valence-corrected chi connectivity index (χ3v) is 3.20. The Kier molecular flexibility index (Phi) is 7.28. The topological polar surface area (TPSA) is 60.9 Å². The minimum absolute atomic E-state index is 1.07. The van der Waals surface area contributed by atoms with Crippen molar-refractivity contribution in [3.63, 3.8) is 0 Å². The third kappa shape index (κ3) is 5.95. The van der Waals surface area contributed by atoms with Crippen molar-refractivity contribution in [2.45, 2.75) is 31.4 Å². The lowest BCUT2D eigenvalue weighted by Gasteiger charge is -2.17. The summed E-state index contributed by atoms with van der Waals surface area (Å²) in [5, 5.41) is -5.37. The second-order valence-electron chi connectivity index (χ2n) is 4.20. The number of halogens is 4. The van der Waals surface area contributed by atoms with Crippen LogP contribution in [0, 0.1) is 0 Å². The van der Waals surface area contributed by atoms with Crippen molar-refractivity contribution in [1.29, 1.82) is 0 Å². The first kappa shape index (κ1) is 19.0. The Morgan fingerprint density at radius 1 is 1.35 bits per heavy atom. The summed E-state index contributed by atoms with van der Waals surface area (Å²) in [6.45, 7) is 4.50. The van der Waals surface area contributed by atoms with Gasteiger partial charge in [-0.3, -0.25) is 4.55 Å². The second-order valence-corrected chi connectivity index (χ2v) is 5.69. The second kappa shape index (κ2) is 7.67. The summed E-state index contributed by atoms with van der Waals surface area (Å²) >= 11 is 0. The highest BCUT2D eigenvalue weighted by molar-refractivity contribution is 7.86. The molecule has 0 saturated heterocycles. The maximum Gasteiger partial charge on any atom is 0.428 e. The molecule has 20 heavy (non-hydrogen) atoms. The van der Waals surface area contributed by atoms with Crippen molar-refractivity contribution in [1.82, 2.24) is 9.80 Å². The lowest BCUT2D eigenvalue weighted by molar-refractivity contribution is -0.0687. The van der Waals surface area contributed by atoms with Gasteiger partial charge in [0.15, 0.2) is 0 Å². The fraction of sp³-hybridized carbons (Fsp3) is 0.800. The van der Waals surface area contributed by atoms with Gasteiger partial charge in [-0.25, -0.2) is 8.78 Å². The molecule has 0 unspecified atom stereocenters. The number of unbranched alkanes of at least 4 members (excludes halogenated alkanes) is 1. The van der Waals surface area contributed by atoms with Crippen LogP contribution in [0.5, 0.6) is 0 Å². The van der Waals surface area contributed by atoms with Crippen LogP contribution in [-0.2, 0) is 10.1 Å². The predicted octanol–water partition coefficient (Wildman–Crippen LogP) is 2.19. The summed E-state index contributed by atoms with van der Waals surface area (Å²) in [7, 11) is -3.89. The van der Waals surface area contributed by atoms with Crippen LogP contribution in [0.2, 0.25) is 0 Å². The molecule has 0 aliphatic carbocycles. The molecular weight excluding hydrogens is 304 g/mol. The largest absolute Gasteiger partial charge is 0.428 e. The van der Waals surface area contributed by atoms with Crippen molar-refractivity contribution in [2.24, 2.45) is 0 Å². The molecule has 0 aromatic carbocycles. The molecule has 0 bridgehead atoms. The molecule has 1 aliphatic rings. The van der Waals surface area contributed by atoms with Gasteiger partial charge >= 0.3 is 21.8 Å². The molecule has 0 radical (unpaired) electrons. The van der Waals surface area contributed by atoms with E-state index < -0.39 is 21.8 Å². The summed E-state index contributed by atoms with van der Waals surface area (Å²) in [6.07, 6.45) is 2.46. The first-order chi connectivity index (χ1) is 9.02. The first-order valence-corrected chi connectivity index (χ1v) is 7.22. The smallest absolute Gasteiger partial charge is 0.362 e. The Hall–Kier alpha value is -1.03. The van der Waals surface area contributed by atoms with Crippen molar-refractivity contribution >= 4 is 10.1 Å². The van der Waals surface area contributed by atoms with Gasteiger partial charge in [-0.1, -0.05) is 13.3 Å². The predicted molar refractivity (Wildman–Crippen MR) is 65.9 cm³/mol. The maximum atomic E-state index is 11.5. The van der Waals surface area contributed by atoms with E-state index in [1.54, 1.807) is 0 Å². The third-order valence-electron chi connectivity index (χ3n) is 2.33. The van der Waals surface area contributed by atoms with E-state index in [1.807, 2.05) is 0 Å². The number of rotatable bonds is 5. The summed E-state index contributed by atoms with van der Waals surface area (Å²) in [5.41, 5.74) is 0. The van der Waals surface area contributed by atoms with E-state index in [4.69, 9.17) is 4.55 Å². The minimum atomic E-state index is -5.98. The van der Waals surface area contributed by atoms with Crippen LogP contribution in [0.15, 0.2) is 12.4 Å². The number of hydrogen-bond donors (Lipinski definition) is 1. The molecule has 1 N–H and O–H groups in total. The molecule has 0 aromatic heterocycles. The molecule has 0 spiro atoms. The Morgan fingerprint density at radius 3 is 2.15 bits per heavy atom. The molecule has 0 fully saturated rings.